The highest BCUT2D eigenvalue weighted by molar-refractivity contribution is 5.73. The number of nitrogens with one attached hydrogen (secondary N) is 1. The summed E-state index contributed by atoms with van der Waals surface area (Å²) in [6.45, 7) is 5.79. The van der Waals surface area contributed by atoms with Gasteiger partial charge in [-0.2, -0.15) is 0 Å². The molecule has 1 aliphatic rings. The molecular formula is C16H24N2O2. The highest BCUT2D eigenvalue weighted by atomic mass is 16.4. The fourth-order valence-corrected chi connectivity index (χ4v) is 2.87. The Bertz CT molecular complexity index is 462. The molecule has 2 N–H and O–H groups in total. The van der Waals surface area contributed by atoms with Crippen molar-refractivity contribution in [1.29, 1.82) is 0 Å². The molecule has 0 amide bonds. The molecule has 0 bridgehead atoms. The van der Waals surface area contributed by atoms with Crippen LogP contribution in [0, 0.1) is 0 Å². The Balaban J connectivity index is 1.97. The summed E-state index contributed by atoms with van der Waals surface area (Å²) >= 11 is 0. The van der Waals surface area contributed by atoms with E-state index in [2.05, 4.69) is 35.3 Å². The van der Waals surface area contributed by atoms with Crippen LogP contribution in [0.2, 0.25) is 0 Å². The summed E-state index contributed by atoms with van der Waals surface area (Å²) in [4.78, 5) is 13.6. The third-order valence-corrected chi connectivity index (χ3v) is 3.95. The summed E-state index contributed by atoms with van der Waals surface area (Å²) in [7, 11) is 0. The largest absolute Gasteiger partial charge is 0.480 e. The number of carbonyl (C=O) groups is 1. The van der Waals surface area contributed by atoms with Crippen LogP contribution < -0.4 is 10.2 Å². The van der Waals surface area contributed by atoms with Crippen LogP contribution in [0.5, 0.6) is 0 Å². The second kappa shape index (κ2) is 6.75. The molecule has 1 aromatic rings. The number of carboxylic acids is 1. The van der Waals surface area contributed by atoms with Crippen molar-refractivity contribution < 1.29 is 9.90 Å². The van der Waals surface area contributed by atoms with Gasteiger partial charge in [-0.15, -0.1) is 0 Å². The van der Waals surface area contributed by atoms with Crippen LogP contribution in [0.3, 0.4) is 0 Å². The van der Waals surface area contributed by atoms with E-state index in [1.54, 1.807) is 0 Å². The Hall–Kier alpha value is -1.55. The summed E-state index contributed by atoms with van der Waals surface area (Å²) < 4.78 is 0. The third kappa shape index (κ3) is 3.31. The van der Waals surface area contributed by atoms with Gasteiger partial charge in [0.05, 0.1) is 0 Å². The molecule has 0 aliphatic carbocycles. The van der Waals surface area contributed by atoms with E-state index in [1.165, 1.54) is 11.3 Å². The van der Waals surface area contributed by atoms with Gasteiger partial charge in [-0.25, -0.2) is 0 Å². The summed E-state index contributed by atoms with van der Waals surface area (Å²) in [5.74, 6) is -0.751. The Morgan fingerprint density at radius 3 is 2.95 bits per heavy atom. The van der Waals surface area contributed by atoms with Crippen LogP contribution in [0.15, 0.2) is 24.3 Å². The Morgan fingerprint density at radius 1 is 1.50 bits per heavy atom. The van der Waals surface area contributed by atoms with E-state index in [4.69, 9.17) is 0 Å². The van der Waals surface area contributed by atoms with Crippen LogP contribution in [0.4, 0.5) is 5.69 Å². The van der Waals surface area contributed by atoms with E-state index in [1.807, 2.05) is 13.0 Å². The zero-order valence-corrected chi connectivity index (χ0v) is 12.3. The zero-order chi connectivity index (χ0) is 14.5. The number of benzene rings is 1. The molecule has 0 fully saturated rings. The van der Waals surface area contributed by atoms with Gasteiger partial charge >= 0.3 is 5.97 Å². The van der Waals surface area contributed by atoms with Crippen LogP contribution in [0.25, 0.3) is 0 Å². The molecule has 0 spiro atoms. The first kappa shape index (κ1) is 14.9. The van der Waals surface area contributed by atoms with Gasteiger partial charge in [-0.05, 0) is 44.4 Å². The van der Waals surface area contributed by atoms with E-state index >= 15 is 0 Å². The molecule has 2 unspecified atom stereocenters. The second-order valence-electron chi connectivity index (χ2n) is 5.51. The molecule has 20 heavy (non-hydrogen) atoms. The molecule has 110 valence electrons. The summed E-state index contributed by atoms with van der Waals surface area (Å²) in [5.41, 5.74) is 2.63. The van der Waals surface area contributed by atoms with Crippen molar-refractivity contribution in [3.8, 4) is 0 Å². The number of hydrogen-bond acceptors (Lipinski definition) is 3. The molecule has 0 saturated carbocycles. The molecule has 2 rings (SSSR count). The number of rotatable bonds is 7. The van der Waals surface area contributed by atoms with Gasteiger partial charge in [0.15, 0.2) is 0 Å². The van der Waals surface area contributed by atoms with Gasteiger partial charge in [-0.3, -0.25) is 4.79 Å². The standard InChI is InChI=1S/C16H24N2O2/c1-3-9-17-14(16(19)20)8-10-18-12(2)11-13-6-4-5-7-15(13)18/h4-7,12,14,17H,3,8-11H2,1-2H3,(H,19,20). The lowest BCUT2D eigenvalue weighted by molar-refractivity contribution is -0.139. The third-order valence-electron chi connectivity index (χ3n) is 3.95. The molecule has 0 aromatic heterocycles. The normalized spacial score (nSPS) is 18.9. The van der Waals surface area contributed by atoms with Gasteiger partial charge in [0, 0.05) is 18.3 Å². The van der Waals surface area contributed by atoms with Crippen molar-refractivity contribution in [3.05, 3.63) is 29.8 Å². The van der Waals surface area contributed by atoms with Crippen molar-refractivity contribution in [3.63, 3.8) is 0 Å². The maximum Gasteiger partial charge on any atom is 0.320 e. The van der Waals surface area contributed by atoms with Crippen molar-refractivity contribution in [1.82, 2.24) is 5.32 Å². The van der Waals surface area contributed by atoms with E-state index in [9.17, 15) is 9.90 Å². The second-order valence-corrected chi connectivity index (χ2v) is 5.51. The highest BCUT2D eigenvalue weighted by Gasteiger charge is 2.26. The summed E-state index contributed by atoms with van der Waals surface area (Å²) in [5, 5.41) is 12.4. The van der Waals surface area contributed by atoms with Crippen LogP contribution in [-0.4, -0.2) is 36.2 Å². The number of carboxylic acid groups (broad SMARTS) is 1. The van der Waals surface area contributed by atoms with Gasteiger partial charge in [0.2, 0.25) is 0 Å². The molecule has 4 nitrogen and oxygen atoms in total. The minimum Gasteiger partial charge on any atom is -0.480 e. The van der Waals surface area contributed by atoms with Crippen molar-refractivity contribution in [2.45, 2.75) is 45.2 Å². The number of hydrogen-bond donors (Lipinski definition) is 2. The Labute approximate surface area is 120 Å². The maximum atomic E-state index is 11.3. The molecule has 0 saturated heterocycles. The molecular weight excluding hydrogens is 252 g/mol. The van der Waals surface area contributed by atoms with E-state index in [-0.39, 0.29) is 0 Å². The number of aliphatic carboxylic acids is 1. The number of fused-ring (bicyclic) bond motifs is 1. The van der Waals surface area contributed by atoms with Crippen LogP contribution in [0.1, 0.15) is 32.3 Å². The van der Waals surface area contributed by atoms with Crippen LogP contribution >= 0.6 is 0 Å². The van der Waals surface area contributed by atoms with Crippen LogP contribution in [-0.2, 0) is 11.2 Å². The molecule has 1 aromatic carbocycles. The number of para-hydroxylation sites is 1. The van der Waals surface area contributed by atoms with Gasteiger partial charge in [0.25, 0.3) is 0 Å². The fourth-order valence-electron chi connectivity index (χ4n) is 2.87. The lowest BCUT2D eigenvalue weighted by atomic mass is 10.1. The quantitative estimate of drug-likeness (QED) is 0.802. The van der Waals surface area contributed by atoms with Crippen molar-refractivity contribution in [2.75, 3.05) is 18.0 Å². The molecule has 4 heteroatoms. The molecule has 1 aliphatic heterocycles. The molecule has 2 atom stereocenters. The average Bonchev–Trinajstić information content (AvgIpc) is 2.74. The SMILES string of the molecule is CCCNC(CCN1c2ccccc2CC1C)C(=O)O. The minimum atomic E-state index is -0.751. The summed E-state index contributed by atoms with van der Waals surface area (Å²) in [6.07, 6.45) is 2.64. The smallest absolute Gasteiger partial charge is 0.320 e. The highest BCUT2D eigenvalue weighted by Crippen LogP contribution is 2.31. The van der Waals surface area contributed by atoms with Gasteiger partial charge < -0.3 is 15.3 Å². The molecule has 0 radical (unpaired) electrons. The Kier molecular flexibility index (Phi) is 5.01. The van der Waals surface area contributed by atoms with Crippen molar-refractivity contribution >= 4 is 11.7 Å². The van der Waals surface area contributed by atoms with E-state index < -0.39 is 12.0 Å². The fraction of sp³-hybridized carbons (Fsp3) is 0.562. The lowest BCUT2D eigenvalue weighted by Gasteiger charge is -2.26. The predicted molar refractivity (Wildman–Crippen MR) is 81.3 cm³/mol. The first-order valence-corrected chi connectivity index (χ1v) is 7.44. The predicted octanol–water partition coefficient (Wildman–Crippen LogP) is 2.28. The minimum absolute atomic E-state index is 0.449. The van der Waals surface area contributed by atoms with Gasteiger partial charge in [-0.1, -0.05) is 25.1 Å². The van der Waals surface area contributed by atoms with Crippen molar-refractivity contribution in [2.24, 2.45) is 0 Å². The monoisotopic (exact) mass is 276 g/mol. The number of nitrogens with zero attached hydrogens (tertiary/aromatic N) is 1. The first-order valence-electron chi connectivity index (χ1n) is 7.44. The zero-order valence-electron chi connectivity index (χ0n) is 12.3. The molecule has 1 heterocycles. The van der Waals surface area contributed by atoms with E-state index in [0.717, 1.165) is 25.9 Å². The topological polar surface area (TPSA) is 52.6 Å². The average molecular weight is 276 g/mol. The number of anilines is 1. The first-order chi connectivity index (χ1) is 9.63. The maximum absolute atomic E-state index is 11.3. The lowest BCUT2D eigenvalue weighted by Crippen LogP contribution is -2.41. The van der Waals surface area contributed by atoms with Gasteiger partial charge in [0.1, 0.15) is 6.04 Å². The van der Waals surface area contributed by atoms with E-state index in [0.29, 0.717) is 12.5 Å². The summed E-state index contributed by atoms with van der Waals surface area (Å²) in [6, 6.07) is 8.42. The Morgan fingerprint density at radius 2 is 2.25 bits per heavy atom.